The summed E-state index contributed by atoms with van der Waals surface area (Å²) in [6.45, 7) is 0. The highest BCUT2D eigenvalue weighted by atomic mass is 19.4. The van der Waals surface area contributed by atoms with Crippen molar-refractivity contribution < 1.29 is 35.9 Å². The number of halogens is 6. The number of benzene rings is 2. The average molecular weight is 374 g/mol. The van der Waals surface area contributed by atoms with E-state index in [0.717, 1.165) is 18.2 Å². The standard InChI is InChI=1S/C16H8F6N2O2/c17-10-2-1-9(7-13(10)24-14(25)3-4-23)26-15-11(18)5-8(6-12(15)19)16(20,21)22/h1-2,5-7H,3H2,(H,24,25). The van der Waals surface area contributed by atoms with E-state index in [-0.39, 0.29) is 17.9 Å². The van der Waals surface area contributed by atoms with Crippen LogP contribution < -0.4 is 10.1 Å². The number of amides is 1. The topological polar surface area (TPSA) is 62.1 Å². The van der Waals surface area contributed by atoms with Crippen molar-refractivity contribution in [2.75, 3.05) is 5.32 Å². The Morgan fingerprint density at radius 2 is 1.69 bits per heavy atom. The number of nitrogens with one attached hydrogen (secondary N) is 1. The van der Waals surface area contributed by atoms with E-state index in [1.54, 1.807) is 0 Å². The summed E-state index contributed by atoms with van der Waals surface area (Å²) >= 11 is 0. The van der Waals surface area contributed by atoms with Crippen molar-refractivity contribution >= 4 is 11.6 Å². The number of alkyl halides is 3. The van der Waals surface area contributed by atoms with E-state index in [1.807, 2.05) is 5.32 Å². The van der Waals surface area contributed by atoms with Gasteiger partial charge >= 0.3 is 6.18 Å². The van der Waals surface area contributed by atoms with Crippen LogP contribution in [0.1, 0.15) is 12.0 Å². The fraction of sp³-hybridized carbons (Fsp3) is 0.125. The molecule has 0 aliphatic rings. The summed E-state index contributed by atoms with van der Waals surface area (Å²) in [4.78, 5) is 11.3. The third kappa shape index (κ3) is 4.44. The Morgan fingerprint density at radius 3 is 2.23 bits per heavy atom. The van der Waals surface area contributed by atoms with Gasteiger partial charge in [0.2, 0.25) is 5.91 Å². The molecule has 0 atom stereocenters. The van der Waals surface area contributed by atoms with Gasteiger partial charge in [0, 0.05) is 6.07 Å². The molecule has 1 amide bonds. The maximum absolute atomic E-state index is 13.8. The molecule has 0 aliphatic carbocycles. The fourth-order valence-electron chi connectivity index (χ4n) is 1.87. The Labute approximate surface area is 142 Å². The monoisotopic (exact) mass is 374 g/mol. The SMILES string of the molecule is N#CCC(=O)Nc1cc(Oc2c(F)cc(C(F)(F)F)cc2F)ccc1F. The maximum atomic E-state index is 13.8. The molecule has 0 bridgehead atoms. The molecule has 0 aromatic heterocycles. The summed E-state index contributed by atoms with van der Waals surface area (Å²) in [5.41, 5.74) is -1.97. The zero-order chi connectivity index (χ0) is 19.5. The van der Waals surface area contributed by atoms with Crippen LogP contribution in [0.3, 0.4) is 0 Å². The lowest BCUT2D eigenvalue weighted by molar-refractivity contribution is -0.138. The first-order chi connectivity index (χ1) is 12.1. The van der Waals surface area contributed by atoms with Gasteiger partial charge in [-0.3, -0.25) is 4.79 Å². The van der Waals surface area contributed by atoms with Gasteiger partial charge in [-0.15, -0.1) is 0 Å². The highest BCUT2D eigenvalue weighted by Gasteiger charge is 2.33. The minimum absolute atomic E-state index is 0.0531. The number of nitriles is 1. The normalized spacial score (nSPS) is 11.0. The summed E-state index contributed by atoms with van der Waals surface area (Å²) < 4.78 is 83.5. The van der Waals surface area contributed by atoms with E-state index in [9.17, 15) is 31.1 Å². The highest BCUT2D eigenvalue weighted by molar-refractivity contribution is 5.92. The minimum Gasteiger partial charge on any atom is -0.451 e. The molecule has 26 heavy (non-hydrogen) atoms. The van der Waals surface area contributed by atoms with Gasteiger partial charge in [0.15, 0.2) is 17.4 Å². The molecule has 0 heterocycles. The van der Waals surface area contributed by atoms with Gasteiger partial charge in [-0.25, -0.2) is 13.2 Å². The fourth-order valence-corrected chi connectivity index (χ4v) is 1.87. The second-order valence-corrected chi connectivity index (χ2v) is 4.89. The smallest absolute Gasteiger partial charge is 0.416 e. The van der Waals surface area contributed by atoms with Crippen LogP contribution in [-0.2, 0) is 11.0 Å². The van der Waals surface area contributed by atoms with Crippen LogP contribution in [0.15, 0.2) is 30.3 Å². The van der Waals surface area contributed by atoms with Crippen molar-refractivity contribution in [3.63, 3.8) is 0 Å². The van der Waals surface area contributed by atoms with E-state index in [1.165, 1.54) is 6.07 Å². The quantitative estimate of drug-likeness (QED) is 0.785. The zero-order valence-corrected chi connectivity index (χ0v) is 12.6. The molecule has 0 fully saturated rings. The number of hydrogen-bond donors (Lipinski definition) is 1. The van der Waals surface area contributed by atoms with Gasteiger partial charge in [0.1, 0.15) is 18.0 Å². The Hall–Kier alpha value is -3.22. The summed E-state index contributed by atoms with van der Waals surface area (Å²) in [7, 11) is 0. The Balaban J connectivity index is 2.32. The third-order valence-electron chi connectivity index (χ3n) is 3.00. The van der Waals surface area contributed by atoms with Crippen LogP contribution in [0.5, 0.6) is 11.5 Å². The third-order valence-corrected chi connectivity index (χ3v) is 3.00. The molecule has 136 valence electrons. The second-order valence-electron chi connectivity index (χ2n) is 4.89. The lowest BCUT2D eigenvalue weighted by Crippen LogP contribution is -2.11. The molecule has 2 aromatic carbocycles. The average Bonchev–Trinajstić information content (AvgIpc) is 2.53. The van der Waals surface area contributed by atoms with E-state index in [4.69, 9.17) is 10.00 Å². The molecule has 1 N–H and O–H groups in total. The molecule has 4 nitrogen and oxygen atoms in total. The predicted octanol–water partition coefficient (Wildman–Crippen LogP) is 4.77. The summed E-state index contributed by atoms with van der Waals surface area (Å²) in [6, 6.07) is 4.26. The molecule has 0 saturated heterocycles. The number of nitrogens with zero attached hydrogens (tertiary/aromatic N) is 1. The van der Waals surface area contributed by atoms with E-state index in [0.29, 0.717) is 0 Å². The summed E-state index contributed by atoms with van der Waals surface area (Å²) in [5.74, 6) is -6.46. The van der Waals surface area contributed by atoms with Crippen molar-refractivity contribution in [3.05, 3.63) is 53.3 Å². The first kappa shape index (κ1) is 19.1. The van der Waals surface area contributed by atoms with Crippen molar-refractivity contribution in [1.82, 2.24) is 0 Å². The van der Waals surface area contributed by atoms with Crippen LogP contribution in [-0.4, -0.2) is 5.91 Å². The number of ether oxygens (including phenoxy) is 1. The van der Waals surface area contributed by atoms with Crippen LogP contribution >= 0.6 is 0 Å². The van der Waals surface area contributed by atoms with E-state index < -0.39 is 53.0 Å². The maximum Gasteiger partial charge on any atom is 0.416 e. The van der Waals surface area contributed by atoms with E-state index >= 15 is 0 Å². The minimum atomic E-state index is -4.95. The van der Waals surface area contributed by atoms with E-state index in [2.05, 4.69) is 0 Å². The van der Waals surface area contributed by atoms with Gasteiger partial charge < -0.3 is 10.1 Å². The number of hydrogen-bond acceptors (Lipinski definition) is 3. The summed E-state index contributed by atoms with van der Waals surface area (Å²) in [5, 5.41) is 10.4. The summed E-state index contributed by atoms with van der Waals surface area (Å²) in [6.07, 6.45) is -5.51. The molecule has 0 saturated carbocycles. The Kier molecular flexibility index (Phi) is 5.40. The predicted molar refractivity (Wildman–Crippen MR) is 76.7 cm³/mol. The van der Waals surface area contributed by atoms with Crippen LogP contribution in [0, 0.1) is 28.8 Å². The first-order valence-electron chi connectivity index (χ1n) is 6.82. The first-order valence-corrected chi connectivity index (χ1v) is 6.82. The second kappa shape index (κ2) is 7.35. The largest absolute Gasteiger partial charge is 0.451 e. The lowest BCUT2D eigenvalue weighted by Gasteiger charge is -2.13. The molecule has 0 spiro atoms. The van der Waals surface area contributed by atoms with Crippen molar-refractivity contribution in [3.8, 4) is 17.6 Å². The number of rotatable bonds is 4. The molecule has 2 rings (SSSR count). The molecular weight excluding hydrogens is 366 g/mol. The van der Waals surface area contributed by atoms with Crippen molar-refractivity contribution in [1.29, 1.82) is 5.26 Å². The van der Waals surface area contributed by atoms with Gasteiger partial charge in [-0.05, 0) is 24.3 Å². The van der Waals surface area contributed by atoms with Gasteiger partial charge in [-0.2, -0.15) is 18.4 Å². The van der Waals surface area contributed by atoms with Gasteiger partial charge in [0.05, 0.1) is 17.3 Å². The van der Waals surface area contributed by atoms with Crippen molar-refractivity contribution in [2.24, 2.45) is 0 Å². The van der Waals surface area contributed by atoms with Crippen LogP contribution in [0.4, 0.5) is 32.0 Å². The molecule has 0 radical (unpaired) electrons. The van der Waals surface area contributed by atoms with Gasteiger partial charge in [-0.1, -0.05) is 0 Å². The zero-order valence-electron chi connectivity index (χ0n) is 12.6. The number of anilines is 1. The molecular formula is C16H8F6N2O2. The van der Waals surface area contributed by atoms with Crippen LogP contribution in [0.25, 0.3) is 0 Å². The number of carbonyl (C=O) groups is 1. The molecule has 2 aromatic rings. The van der Waals surface area contributed by atoms with Crippen molar-refractivity contribution in [2.45, 2.75) is 12.6 Å². The highest BCUT2D eigenvalue weighted by Crippen LogP contribution is 2.36. The Morgan fingerprint density at radius 1 is 1.08 bits per heavy atom. The van der Waals surface area contributed by atoms with Crippen LogP contribution in [0.2, 0.25) is 0 Å². The Bertz CT molecular complexity index is 866. The van der Waals surface area contributed by atoms with Gasteiger partial charge in [0.25, 0.3) is 0 Å². The molecule has 0 aliphatic heterocycles. The lowest BCUT2D eigenvalue weighted by atomic mass is 10.2. The number of carbonyl (C=O) groups excluding carboxylic acids is 1. The molecule has 10 heteroatoms. The molecule has 0 unspecified atom stereocenters.